The lowest BCUT2D eigenvalue weighted by Crippen LogP contribution is -2.11. The van der Waals surface area contributed by atoms with E-state index in [2.05, 4.69) is 48.1 Å². The number of para-hydroxylation sites is 1. The highest BCUT2D eigenvalue weighted by molar-refractivity contribution is 5.89. The standard InChI is InChI=1S/C28H25N3O3/c1-4-33-26-15-20(11-12-25(26)34-17-22-13-18(2)9-10-19(22)3)14-21(16-29)27-30-24-8-6-5-7-23(24)28(32)31-27/h5-15H,4,17H2,1-3H3,(H,30,31,32)/b21-14-. The Morgan fingerprint density at radius 2 is 1.88 bits per heavy atom. The lowest BCUT2D eigenvalue weighted by Gasteiger charge is -2.14. The van der Waals surface area contributed by atoms with Crippen molar-refractivity contribution in [2.45, 2.75) is 27.4 Å². The Morgan fingerprint density at radius 3 is 2.68 bits per heavy atom. The fourth-order valence-electron chi connectivity index (χ4n) is 3.65. The fourth-order valence-corrected chi connectivity index (χ4v) is 3.65. The third-order valence-corrected chi connectivity index (χ3v) is 5.45. The number of allylic oxidation sites excluding steroid dienone is 1. The second-order valence-electron chi connectivity index (χ2n) is 7.96. The van der Waals surface area contributed by atoms with Crippen molar-refractivity contribution in [1.82, 2.24) is 9.97 Å². The molecule has 3 aromatic carbocycles. The number of nitriles is 1. The third kappa shape index (κ3) is 5.00. The van der Waals surface area contributed by atoms with Crippen LogP contribution in [-0.2, 0) is 6.61 Å². The molecule has 34 heavy (non-hydrogen) atoms. The Balaban J connectivity index is 1.65. The van der Waals surface area contributed by atoms with Crippen LogP contribution in [0.5, 0.6) is 11.5 Å². The molecule has 0 radical (unpaired) electrons. The van der Waals surface area contributed by atoms with Crippen molar-refractivity contribution < 1.29 is 9.47 Å². The minimum Gasteiger partial charge on any atom is -0.490 e. The van der Waals surface area contributed by atoms with E-state index in [-0.39, 0.29) is 17.0 Å². The Bertz CT molecular complexity index is 1480. The van der Waals surface area contributed by atoms with E-state index in [9.17, 15) is 10.1 Å². The highest BCUT2D eigenvalue weighted by Gasteiger charge is 2.11. The molecule has 4 aromatic rings. The van der Waals surface area contributed by atoms with Crippen molar-refractivity contribution in [1.29, 1.82) is 5.26 Å². The van der Waals surface area contributed by atoms with Gasteiger partial charge in [0.2, 0.25) is 0 Å². The molecule has 0 saturated carbocycles. The molecule has 0 unspecified atom stereocenters. The average Bonchev–Trinajstić information content (AvgIpc) is 2.84. The zero-order valence-corrected chi connectivity index (χ0v) is 19.4. The number of rotatable bonds is 7. The Morgan fingerprint density at radius 1 is 1.06 bits per heavy atom. The van der Waals surface area contributed by atoms with Crippen LogP contribution in [0.3, 0.4) is 0 Å². The zero-order chi connectivity index (χ0) is 24.1. The molecule has 170 valence electrons. The van der Waals surface area contributed by atoms with Crippen LogP contribution in [0.4, 0.5) is 0 Å². The molecule has 0 bridgehead atoms. The van der Waals surface area contributed by atoms with Crippen molar-refractivity contribution in [2.24, 2.45) is 0 Å². The van der Waals surface area contributed by atoms with Gasteiger partial charge in [-0.05, 0) is 67.8 Å². The molecule has 0 aliphatic heterocycles. The number of H-pyrrole nitrogens is 1. The summed E-state index contributed by atoms with van der Waals surface area (Å²) >= 11 is 0. The first kappa shape index (κ1) is 22.8. The first-order chi connectivity index (χ1) is 16.5. The summed E-state index contributed by atoms with van der Waals surface area (Å²) in [7, 11) is 0. The first-order valence-electron chi connectivity index (χ1n) is 11.1. The van der Waals surface area contributed by atoms with Crippen LogP contribution >= 0.6 is 0 Å². The summed E-state index contributed by atoms with van der Waals surface area (Å²) < 4.78 is 11.9. The topological polar surface area (TPSA) is 88.0 Å². The van der Waals surface area contributed by atoms with Gasteiger partial charge in [0.25, 0.3) is 5.56 Å². The quantitative estimate of drug-likeness (QED) is 0.371. The van der Waals surface area contributed by atoms with Gasteiger partial charge in [0, 0.05) is 0 Å². The molecule has 0 atom stereocenters. The minimum atomic E-state index is -0.285. The molecule has 0 amide bonds. The summed E-state index contributed by atoms with van der Waals surface area (Å²) in [6, 6.07) is 20.9. The first-order valence-corrected chi connectivity index (χ1v) is 11.1. The summed E-state index contributed by atoms with van der Waals surface area (Å²) in [5.74, 6) is 1.42. The SMILES string of the molecule is CCOc1cc(/C=C(/C#N)c2nc3ccccc3c(=O)[nH]2)ccc1OCc1cc(C)ccc1C. The predicted molar refractivity (Wildman–Crippen MR) is 134 cm³/mol. The maximum Gasteiger partial charge on any atom is 0.259 e. The second kappa shape index (κ2) is 10.1. The summed E-state index contributed by atoms with van der Waals surface area (Å²) in [5.41, 5.74) is 4.69. The lowest BCUT2D eigenvalue weighted by molar-refractivity contribution is 0.269. The van der Waals surface area contributed by atoms with E-state index < -0.39 is 0 Å². The molecule has 1 heterocycles. The van der Waals surface area contributed by atoms with Crippen molar-refractivity contribution >= 4 is 22.6 Å². The molecule has 0 fully saturated rings. The second-order valence-corrected chi connectivity index (χ2v) is 7.96. The smallest absolute Gasteiger partial charge is 0.259 e. The number of ether oxygens (including phenoxy) is 2. The molecule has 6 nitrogen and oxygen atoms in total. The fraction of sp³-hybridized carbons (Fsp3) is 0.179. The van der Waals surface area contributed by atoms with Gasteiger partial charge in [-0.15, -0.1) is 0 Å². The summed E-state index contributed by atoms with van der Waals surface area (Å²) in [4.78, 5) is 19.6. The predicted octanol–water partition coefficient (Wildman–Crippen LogP) is 5.58. The summed E-state index contributed by atoms with van der Waals surface area (Å²) in [6.07, 6.45) is 1.67. The van der Waals surface area contributed by atoms with Gasteiger partial charge in [-0.1, -0.05) is 42.0 Å². The molecular formula is C28H25N3O3. The maximum absolute atomic E-state index is 12.4. The third-order valence-electron chi connectivity index (χ3n) is 5.45. The molecule has 4 rings (SSSR count). The van der Waals surface area contributed by atoms with E-state index in [1.165, 1.54) is 11.1 Å². The number of hydrogen-bond acceptors (Lipinski definition) is 5. The maximum atomic E-state index is 12.4. The number of aromatic nitrogens is 2. The van der Waals surface area contributed by atoms with Crippen molar-refractivity contribution in [3.63, 3.8) is 0 Å². The van der Waals surface area contributed by atoms with Crippen LogP contribution in [0, 0.1) is 25.2 Å². The van der Waals surface area contributed by atoms with Crippen molar-refractivity contribution in [2.75, 3.05) is 6.61 Å². The number of aryl methyl sites for hydroxylation is 2. The highest BCUT2D eigenvalue weighted by atomic mass is 16.5. The summed E-state index contributed by atoms with van der Waals surface area (Å²) in [6.45, 7) is 6.91. The van der Waals surface area contributed by atoms with E-state index in [1.54, 1.807) is 30.3 Å². The minimum absolute atomic E-state index is 0.222. The normalized spacial score (nSPS) is 11.3. The van der Waals surface area contributed by atoms with E-state index in [4.69, 9.17) is 9.47 Å². The molecule has 0 aliphatic carbocycles. The number of fused-ring (bicyclic) bond motifs is 1. The molecular weight excluding hydrogens is 426 g/mol. The van der Waals surface area contributed by atoms with Gasteiger partial charge in [-0.25, -0.2) is 4.98 Å². The van der Waals surface area contributed by atoms with Gasteiger partial charge >= 0.3 is 0 Å². The van der Waals surface area contributed by atoms with Crippen LogP contribution in [0.15, 0.2) is 65.5 Å². The van der Waals surface area contributed by atoms with Crippen LogP contribution in [0.2, 0.25) is 0 Å². The van der Waals surface area contributed by atoms with Crippen molar-refractivity contribution in [3.05, 3.63) is 99.1 Å². The number of benzene rings is 3. The highest BCUT2D eigenvalue weighted by Crippen LogP contribution is 2.31. The monoisotopic (exact) mass is 451 g/mol. The Labute approximate surface area is 198 Å². The van der Waals surface area contributed by atoms with E-state index in [0.29, 0.717) is 35.6 Å². The van der Waals surface area contributed by atoms with Gasteiger partial charge < -0.3 is 14.5 Å². The van der Waals surface area contributed by atoms with E-state index >= 15 is 0 Å². The molecule has 1 N–H and O–H groups in total. The van der Waals surface area contributed by atoms with Crippen molar-refractivity contribution in [3.8, 4) is 17.6 Å². The number of hydrogen-bond donors (Lipinski definition) is 1. The van der Waals surface area contributed by atoms with Gasteiger partial charge in [0.15, 0.2) is 17.3 Å². The average molecular weight is 452 g/mol. The summed E-state index contributed by atoms with van der Waals surface area (Å²) in [5, 5.41) is 10.2. The van der Waals surface area contributed by atoms with Gasteiger partial charge in [-0.2, -0.15) is 5.26 Å². The lowest BCUT2D eigenvalue weighted by atomic mass is 10.1. The largest absolute Gasteiger partial charge is 0.490 e. The molecule has 1 aromatic heterocycles. The Hall–Kier alpha value is -4.37. The van der Waals surface area contributed by atoms with E-state index in [0.717, 1.165) is 11.1 Å². The molecule has 0 aliphatic rings. The van der Waals surface area contributed by atoms with Crippen LogP contribution in [-0.4, -0.2) is 16.6 Å². The molecule has 6 heteroatoms. The van der Waals surface area contributed by atoms with Crippen LogP contribution in [0.25, 0.3) is 22.6 Å². The van der Waals surface area contributed by atoms with Gasteiger partial charge in [0.05, 0.1) is 23.1 Å². The van der Waals surface area contributed by atoms with Gasteiger partial charge in [0.1, 0.15) is 12.7 Å². The van der Waals surface area contributed by atoms with E-state index in [1.807, 2.05) is 25.1 Å². The van der Waals surface area contributed by atoms with Crippen LogP contribution in [0.1, 0.15) is 35.0 Å². The Kier molecular flexibility index (Phi) is 6.74. The number of nitrogens with zero attached hydrogens (tertiary/aromatic N) is 2. The number of nitrogens with one attached hydrogen (secondary N) is 1. The zero-order valence-electron chi connectivity index (χ0n) is 19.4. The number of aromatic amines is 1. The van der Waals surface area contributed by atoms with Crippen LogP contribution < -0.4 is 15.0 Å². The molecule has 0 saturated heterocycles. The molecule has 0 spiro atoms. The van der Waals surface area contributed by atoms with Gasteiger partial charge in [-0.3, -0.25) is 4.79 Å².